The molecule has 2 aliphatic heterocycles. The topological polar surface area (TPSA) is 92.8 Å². The Hall–Kier alpha value is -2.87. The molecule has 0 saturated heterocycles. The lowest BCUT2D eigenvalue weighted by Crippen LogP contribution is -2.39. The van der Waals surface area contributed by atoms with E-state index in [9.17, 15) is 18.0 Å². The lowest BCUT2D eigenvalue weighted by molar-refractivity contribution is -0.119. The standard InChI is InChI=1S/C21H22N2O5S/c1-2-28-21(25)17-7-3-4-8-18(17)22-29(26,27)16-12-14-6-5-11-23-19(24)10-9-15(13-16)20(14)23/h3-4,7-8,12-13,22H,2,5-6,9-11H2,1H3. The molecule has 0 fully saturated rings. The van der Waals surface area contributed by atoms with Crippen LogP contribution in [-0.2, 0) is 32.4 Å². The summed E-state index contributed by atoms with van der Waals surface area (Å²) in [5.74, 6) is -0.490. The van der Waals surface area contributed by atoms with E-state index in [-0.39, 0.29) is 28.7 Å². The highest BCUT2D eigenvalue weighted by atomic mass is 32.2. The maximum absolute atomic E-state index is 13.1. The third kappa shape index (κ3) is 3.60. The number of rotatable bonds is 5. The van der Waals surface area contributed by atoms with E-state index in [1.807, 2.05) is 0 Å². The van der Waals surface area contributed by atoms with Gasteiger partial charge in [0.25, 0.3) is 10.0 Å². The number of amides is 1. The molecule has 29 heavy (non-hydrogen) atoms. The van der Waals surface area contributed by atoms with Crippen molar-refractivity contribution < 1.29 is 22.7 Å². The molecule has 152 valence electrons. The van der Waals surface area contributed by atoms with Crippen LogP contribution in [0.3, 0.4) is 0 Å². The highest BCUT2D eigenvalue weighted by Crippen LogP contribution is 2.38. The molecule has 0 radical (unpaired) electrons. The SMILES string of the molecule is CCOC(=O)c1ccccc1NS(=O)(=O)c1cc2c3c(c1)CCC(=O)N3CCC2. The molecule has 0 bridgehead atoms. The first-order valence-electron chi connectivity index (χ1n) is 9.66. The number of carbonyl (C=O) groups excluding carboxylic acids is 2. The molecule has 1 amide bonds. The largest absolute Gasteiger partial charge is 0.462 e. The average molecular weight is 414 g/mol. The molecule has 2 aliphatic rings. The molecule has 0 atom stereocenters. The van der Waals surface area contributed by atoms with Crippen molar-refractivity contribution >= 4 is 33.3 Å². The average Bonchev–Trinajstić information content (AvgIpc) is 2.71. The van der Waals surface area contributed by atoms with E-state index in [2.05, 4.69) is 4.72 Å². The van der Waals surface area contributed by atoms with Crippen LogP contribution in [0.4, 0.5) is 11.4 Å². The second-order valence-electron chi connectivity index (χ2n) is 7.11. The minimum atomic E-state index is -3.92. The number of hydrogen-bond acceptors (Lipinski definition) is 5. The number of hydrogen-bond donors (Lipinski definition) is 1. The molecule has 0 aromatic heterocycles. The molecule has 2 aromatic rings. The highest BCUT2D eigenvalue weighted by Gasteiger charge is 2.31. The number of para-hydroxylation sites is 1. The lowest BCUT2D eigenvalue weighted by atomic mass is 9.92. The monoisotopic (exact) mass is 414 g/mol. The number of benzene rings is 2. The summed E-state index contributed by atoms with van der Waals surface area (Å²) in [6.07, 6.45) is 2.45. The zero-order valence-electron chi connectivity index (χ0n) is 16.1. The third-order valence-corrected chi connectivity index (χ3v) is 6.57. The van der Waals surface area contributed by atoms with E-state index < -0.39 is 16.0 Å². The first kappa shape index (κ1) is 19.4. The Labute approximate surface area is 169 Å². The fraction of sp³-hybridized carbons (Fsp3) is 0.333. The van der Waals surface area contributed by atoms with Crippen LogP contribution in [-0.4, -0.2) is 33.4 Å². The summed E-state index contributed by atoms with van der Waals surface area (Å²) in [6.45, 7) is 2.57. The minimum absolute atomic E-state index is 0.0931. The van der Waals surface area contributed by atoms with Gasteiger partial charge in [-0.05, 0) is 61.6 Å². The van der Waals surface area contributed by atoms with Crippen molar-refractivity contribution in [2.75, 3.05) is 22.8 Å². The zero-order valence-corrected chi connectivity index (χ0v) is 16.9. The van der Waals surface area contributed by atoms with Gasteiger partial charge in [-0.25, -0.2) is 13.2 Å². The van der Waals surface area contributed by atoms with E-state index in [1.54, 1.807) is 36.1 Å². The van der Waals surface area contributed by atoms with E-state index >= 15 is 0 Å². The van der Waals surface area contributed by atoms with E-state index in [1.165, 1.54) is 12.1 Å². The Morgan fingerprint density at radius 2 is 1.86 bits per heavy atom. The maximum Gasteiger partial charge on any atom is 0.340 e. The second kappa shape index (κ2) is 7.51. The van der Waals surface area contributed by atoms with Gasteiger partial charge in [-0.3, -0.25) is 9.52 Å². The van der Waals surface area contributed by atoms with Gasteiger partial charge in [-0.15, -0.1) is 0 Å². The summed E-state index contributed by atoms with van der Waals surface area (Å²) in [7, 11) is -3.92. The molecule has 0 spiro atoms. The minimum Gasteiger partial charge on any atom is -0.462 e. The smallest absolute Gasteiger partial charge is 0.340 e. The number of nitrogens with one attached hydrogen (secondary N) is 1. The molecule has 0 unspecified atom stereocenters. The Morgan fingerprint density at radius 1 is 1.14 bits per heavy atom. The third-order valence-electron chi connectivity index (χ3n) is 5.23. The van der Waals surface area contributed by atoms with Crippen molar-refractivity contribution in [1.29, 1.82) is 0 Å². The van der Waals surface area contributed by atoms with Crippen molar-refractivity contribution in [3.63, 3.8) is 0 Å². The number of esters is 1. The van der Waals surface area contributed by atoms with Gasteiger partial charge in [-0.1, -0.05) is 12.1 Å². The maximum atomic E-state index is 13.1. The van der Waals surface area contributed by atoms with Gasteiger partial charge in [0.1, 0.15) is 0 Å². The number of nitrogens with zero attached hydrogens (tertiary/aromatic N) is 1. The molecule has 8 heteroatoms. The number of sulfonamides is 1. The van der Waals surface area contributed by atoms with Crippen molar-refractivity contribution in [2.45, 2.75) is 37.5 Å². The number of ether oxygens (including phenoxy) is 1. The normalized spacial score (nSPS) is 15.6. The summed E-state index contributed by atoms with van der Waals surface area (Å²) < 4.78 is 33.8. The molecular formula is C21H22N2O5S. The first-order chi connectivity index (χ1) is 13.9. The first-order valence-corrected chi connectivity index (χ1v) is 11.1. The Balaban J connectivity index is 1.71. The summed E-state index contributed by atoms with van der Waals surface area (Å²) in [6, 6.07) is 9.64. The van der Waals surface area contributed by atoms with Gasteiger partial charge in [0, 0.05) is 13.0 Å². The van der Waals surface area contributed by atoms with Crippen LogP contribution in [0, 0.1) is 0 Å². The summed E-state index contributed by atoms with van der Waals surface area (Å²) in [5, 5.41) is 0. The van der Waals surface area contributed by atoms with Gasteiger partial charge >= 0.3 is 5.97 Å². The molecule has 2 aromatic carbocycles. The van der Waals surface area contributed by atoms with Gasteiger partial charge in [0.2, 0.25) is 5.91 Å². The van der Waals surface area contributed by atoms with Crippen molar-refractivity contribution in [3.05, 3.63) is 53.1 Å². The Bertz CT molecular complexity index is 1080. The molecule has 4 rings (SSSR count). The van der Waals surface area contributed by atoms with Crippen LogP contribution in [0.25, 0.3) is 0 Å². The van der Waals surface area contributed by atoms with Crippen molar-refractivity contribution in [1.82, 2.24) is 0 Å². The van der Waals surface area contributed by atoms with Crippen LogP contribution in [0.15, 0.2) is 41.3 Å². The Morgan fingerprint density at radius 3 is 2.62 bits per heavy atom. The summed E-state index contributed by atoms with van der Waals surface area (Å²) >= 11 is 0. The predicted molar refractivity (Wildman–Crippen MR) is 109 cm³/mol. The number of aryl methyl sites for hydroxylation is 2. The number of carbonyl (C=O) groups is 2. The van der Waals surface area contributed by atoms with Gasteiger partial charge in [-0.2, -0.15) is 0 Å². The van der Waals surface area contributed by atoms with Gasteiger partial charge in [0.05, 0.1) is 28.4 Å². The quantitative estimate of drug-likeness (QED) is 0.760. The fourth-order valence-corrected chi connectivity index (χ4v) is 5.12. The summed E-state index contributed by atoms with van der Waals surface area (Å²) in [5.41, 5.74) is 2.96. The molecule has 0 saturated carbocycles. The van der Waals surface area contributed by atoms with Crippen LogP contribution < -0.4 is 9.62 Å². The van der Waals surface area contributed by atoms with Crippen LogP contribution in [0.5, 0.6) is 0 Å². The van der Waals surface area contributed by atoms with Gasteiger partial charge < -0.3 is 9.64 Å². The molecular weight excluding hydrogens is 392 g/mol. The van der Waals surface area contributed by atoms with Crippen molar-refractivity contribution in [2.24, 2.45) is 0 Å². The molecule has 7 nitrogen and oxygen atoms in total. The molecule has 2 heterocycles. The summed E-state index contributed by atoms with van der Waals surface area (Å²) in [4.78, 5) is 26.3. The van der Waals surface area contributed by atoms with Crippen LogP contribution >= 0.6 is 0 Å². The van der Waals surface area contributed by atoms with Crippen LogP contribution in [0.2, 0.25) is 0 Å². The molecule has 0 aliphatic carbocycles. The zero-order chi connectivity index (χ0) is 20.6. The van der Waals surface area contributed by atoms with E-state index in [0.29, 0.717) is 19.4 Å². The Kier molecular flexibility index (Phi) is 5.04. The number of anilines is 2. The highest BCUT2D eigenvalue weighted by molar-refractivity contribution is 7.92. The van der Waals surface area contributed by atoms with E-state index in [4.69, 9.17) is 4.74 Å². The second-order valence-corrected chi connectivity index (χ2v) is 8.79. The molecule has 1 N–H and O–H groups in total. The van der Waals surface area contributed by atoms with Crippen LogP contribution in [0.1, 0.15) is 41.3 Å². The predicted octanol–water partition coefficient (Wildman–Crippen LogP) is 2.89. The lowest BCUT2D eigenvalue weighted by Gasteiger charge is -2.35. The van der Waals surface area contributed by atoms with Gasteiger partial charge in [0.15, 0.2) is 0 Å². The van der Waals surface area contributed by atoms with Crippen molar-refractivity contribution in [3.8, 4) is 0 Å². The van der Waals surface area contributed by atoms with E-state index in [0.717, 1.165) is 29.7 Å². The fourth-order valence-electron chi connectivity index (χ4n) is 3.94.